The Kier molecular flexibility index (Phi) is 6.67. The molecule has 33 heavy (non-hydrogen) atoms. The van der Waals surface area contributed by atoms with Crippen LogP contribution in [-0.4, -0.2) is 50.1 Å². The smallest absolute Gasteiger partial charge is 0.274 e. The number of aromatic nitrogens is 4. The number of methoxy groups -OCH3 is 1. The zero-order valence-corrected chi connectivity index (χ0v) is 19.1. The molecule has 3 heterocycles. The fourth-order valence-corrected chi connectivity index (χ4v) is 4.05. The van der Waals surface area contributed by atoms with Crippen LogP contribution in [0.4, 0.5) is 5.69 Å². The van der Waals surface area contributed by atoms with Crippen molar-refractivity contribution in [2.45, 2.75) is 45.7 Å². The fourth-order valence-electron chi connectivity index (χ4n) is 4.05. The van der Waals surface area contributed by atoms with Crippen molar-refractivity contribution in [2.75, 3.05) is 19.0 Å². The Morgan fingerprint density at radius 1 is 1.21 bits per heavy atom. The number of hydrogen-bond donors (Lipinski definition) is 1. The van der Waals surface area contributed by atoms with E-state index in [1.807, 2.05) is 25.3 Å². The first-order valence-corrected chi connectivity index (χ1v) is 11.1. The third kappa shape index (κ3) is 4.72. The number of para-hydroxylation sites is 2. The van der Waals surface area contributed by atoms with Crippen molar-refractivity contribution in [3.63, 3.8) is 0 Å². The third-order valence-corrected chi connectivity index (χ3v) is 5.84. The first-order chi connectivity index (χ1) is 16.0. The normalized spacial score (nSPS) is 15.8. The van der Waals surface area contributed by atoms with Crippen LogP contribution in [0.15, 0.2) is 42.7 Å². The Morgan fingerprint density at radius 3 is 2.76 bits per heavy atom. The van der Waals surface area contributed by atoms with Crippen LogP contribution in [0.3, 0.4) is 0 Å². The highest BCUT2D eigenvalue weighted by molar-refractivity contribution is 6.05. The van der Waals surface area contributed by atoms with Crippen molar-refractivity contribution < 1.29 is 14.3 Å². The highest BCUT2D eigenvalue weighted by atomic mass is 16.5. The van der Waals surface area contributed by atoms with E-state index in [0.717, 1.165) is 19.3 Å². The second-order valence-electron chi connectivity index (χ2n) is 7.95. The minimum absolute atomic E-state index is 0.119. The van der Waals surface area contributed by atoms with Gasteiger partial charge in [0.25, 0.3) is 11.8 Å². The van der Waals surface area contributed by atoms with Crippen LogP contribution in [0.25, 0.3) is 0 Å². The Hall–Kier alpha value is -3.75. The van der Waals surface area contributed by atoms with Gasteiger partial charge in [-0.1, -0.05) is 12.1 Å². The van der Waals surface area contributed by atoms with Crippen molar-refractivity contribution in [3.8, 4) is 5.75 Å². The molecule has 0 spiro atoms. The number of rotatable bonds is 6. The largest absolute Gasteiger partial charge is 0.495 e. The van der Waals surface area contributed by atoms with Crippen LogP contribution in [0.1, 0.15) is 64.6 Å². The van der Waals surface area contributed by atoms with Crippen molar-refractivity contribution in [3.05, 3.63) is 65.5 Å². The van der Waals surface area contributed by atoms with Gasteiger partial charge in [-0.3, -0.25) is 14.3 Å². The molecule has 1 aromatic carbocycles. The standard InChI is InChI=1S/C24H28N6O3/c1-4-29-14-12-19(28-29)24(32)30-13-8-7-10-20(30)22-25-15-17(16(2)26-22)23(31)27-18-9-5-6-11-21(18)33-3/h5-6,9,11-12,14-15,20H,4,7-8,10,13H2,1-3H3,(H,27,31)/t20-/m1/s1. The third-order valence-electron chi connectivity index (χ3n) is 5.84. The van der Waals surface area contributed by atoms with Gasteiger partial charge < -0.3 is 15.0 Å². The lowest BCUT2D eigenvalue weighted by Gasteiger charge is -2.34. The molecule has 1 saturated heterocycles. The second-order valence-corrected chi connectivity index (χ2v) is 7.95. The molecule has 1 aliphatic rings. The molecule has 9 heteroatoms. The predicted molar refractivity (Wildman–Crippen MR) is 123 cm³/mol. The molecule has 1 N–H and O–H groups in total. The molecule has 3 aromatic rings. The first-order valence-electron chi connectivity index (χ1n) is 11.1. The van der Waals surface area contributed by atoms with Crippen LogP contribution in [0, 0.1) is 6.92 Å². The molecular weight excluding hydrogens is 420 g/mol. The average molecular weight is 449 g/mol. The van der Waals surface area contributed by atoms with Gasteiger partial charge in [-0.2, -0.15) is 5.10 Å². The lowest BCUT2D eigenvalue weighted by atomic mass is 10.0. The molecular formula is C24H28N6O3. The van der Waals surface area contributed by atoms with E-state index < -0.39 is 0 Å². The lowest BCUT2D eigenvalue weighted by Crippen LogP contribution is -2.39. The molecule has 0 unspecified atom stereocenters. The molecule has 2 aromatic heterocycles. The van der Waals surface area contributed by atoms with Crippen molar-refractivity contribution >= 4 is 17.5 Å². The van der Waals surface area contributed by atoms with E-state index in [9.17, 15) is 9.59 Å². The van der Waals surface area contributed by atoms with E-state index in [1.165, 1.54) is 6.20 Å². The molecule has 1 aliphatic heterocycles. The van der Waals surface area contributed by atoms with E-state index in [4.69, 9.17) is 4.74 Å². The fraction of sp³-hybridized carbons (Fsp3) is 0.375. The van der Waals surface area contributed by atoms with Gasteiger partial charge >= 0.3 is 0 Å². The lowest BCUT2D eigenvalue weighted by molar-refractivity contribution is 0.0592. The highest BCUT2D eigenvalue weighted by Crippen LogP contribution is 2.30. The molecule has 2 amide bonds. The average Bonchev–Trinajstić information content (AvgIpc) is 3.33. The summed E-state index contributed by atoms with van der Waals surface area (Å²) in [6.07, 6.45) is 6.02. The van der Waals surface area contributed by atoms with Gasteiger partial charge in [-0.05, 0) is 51.3 Å². The van der Waals surface area contributed by atoms with Gasteiger partial charge in [-0.25, -0.2) is 9.97 Å². The van der Waals surface area contributed by atoms with Crippen molar-refractivity contribution in [1.29, 1.82) is 0 Å². The topological polar surface area (TPSA) is 102 Å². The maximum absolute atomic E-state index is 13.2. The molecule has 1 atom stereocenters. The van der Waals surface area contributed by atoms with Crippen LogP contribution in [0.2, 0.25) is 0 Å². The molecule has 9 nitrogen and oxygen atoms in total. The zero-order chi connectivity index (χ0) is 23.4. The van der Waals surface area contributed by atoms with E-state index >= 15 is 0 Å². The van der Waals surface area contributed by atoms with Crippen LogP contribution < -0.4 is 10.1 Å². The molecule has 0 radical (unpaired) electrons. The van der Waals surface area contributed by atoms with E-state index in [0.29, 0.717) is 47.3 Å². The number of carbonyl (C=O) groups is 2. The zero-order valence-electron chi connectivity index (χ0n) is 19.1. The number of carbonyl (C=O) groups excluding carboxylic acids is 2. The number of nitrogens with one attached hydrogen (secondary N) is 1. The number of ether oxygens (including phenoxy) is 1. The van der Waals surface area contributed by atoms with Gasteiger partial charge in [0, 0.05) is 25.5 Å². The van der Waals surface area contributed by atoms with Crippen LogP contribution >= 0.6 is 0 Å². The van der Waals surface area contributed by atoms with E-state index in [1.54, 1.807) is 41.8 Å². The van der Waals surface area contributed by atoms with E-state index in [2.05, 4.69) is 20.4 Å². The molecule has 0 bridgehead atoms. The number of piperidine rings is 1. The first kappa shape index (κ1) is 22.4. The summed E-state index contributed by atoms with van der Waals surface area (Å²) in [5, 5.41) is 7.22. The summed E-state index contributed by atoms with van der Waals surface area (Å²) in [6, 6.07) is 8.70. The maximum Gasteiger partial charge on any atom is 0.274 e. The van der Waals surface area contributed by atoms with Gasteiger partial charge in [0.1, 0.15) is 11.4 Å². The Morgan fingerprint density at radius 2 is 2.03 bits per heavy atom. The molecule has 0 aliphatic carbocycles. The van der Waals surface area contributed by atoms with Gasteiger partial charge in [0.15, 0.2) is 5.82 Å². The number of aryl methyl sites for hydroxylation is 2. The Labute approximate surface area is 192 Å². The number of anilines is 1. The summed E-state index contributed by atoms with van der Waals surface area (Å²) in [7, 11) is 1.55. The number of nitrogens with zero attached hydrogens (tertiary/aromatic N) is 5. The molecule has 1 fully saturated rings. The summed E-state index contributed by atoms with van der Waals surface area (Å²) < 4.78 is 7.04. The monoisotopic (exact) mass is 448 g/mol. The quantitative estimate of drug-likeness (QED) is 0.618. The summed E-state index contributed by atoms with van der Waals surface area (Å²) in [6.45, 7) is 5.09. The minimum Gasteiger partial charge on any atom is -0.495 e. The van der Waals surface area contributed by atoms with Gasteiger partial charge in [0.05, 0.1) is 30.1 Å². The Bertz CT molecular complexity index is 1160. The Balaban J connectivity index is 1.55. The molecule has 0 saturated carbocycles. The molecule has 172 valence electrons. The number of benzene rings is 1. The number of amides is 2. The summed E-state index contributed by atoms with van der Waals surface area (Å²) >= 11 is 0. The van der Waals surface area contributed by atoms with Crippen LogP contribution in [-0.2, 0) is 6.54 Å². The predicted octanol–water partition coefficient (Wildman–Crippen LogP) is 3.63. The number of likely N-dealkylation sites (tertiary alicyclic amines) is 1. The van der Waals surface area contributed by atoms with Crippen molar-refractivity contribution in [2.24, 2.45) is 0 Å². The van der Waals surface area contributed by atoms with Gasteiger partial charge in [-0.15, -0.1) is 0 Å². The molecule has 4 rings (SSSR count). The highest BCUT2D eigenvalue weighted by Gasteiger charge is 2.32. The minimum atomic E-state index is -0.315. The van der Waals surface area contributed by atoms with Gasteiger partial charge in [0.2, 0.25) is 0 Å². The number of hydrogen-bond acceptors (Lipinski definition) is 6. The second kappa shape index (κ2) is 9.81. The van der Waals surface area contributed by atoms with Crippen molar-refractivity contribution in [1.82, 2.24) is 24.6 Å². The van der Waals surface area contributed by atoms with E-state index in [-0.39, 0.29) is 17.9 Å². The SMILES string of the molecule is CCn1ccc(C(=O)N2CCCC[C@@H]2c2ncc(C(=O)Nc3ccccc3OC)c(C)n2)n1. The summed E-state index contributed by atoms with van der Waals surface area (Å²) in [5.41, 5.74) is 1.93. The summed E-state index contributed by atoms with van der Waals surface area (Å²) in [4.78, 5) is 36.9. The maximum atomic E-state index is 13.2. The van der Waals surface area contributed by atoms with Crippen LogP contribution in [0.5, 0.6) is 5.75 Å². The summed E-state index contributed by atoms with van der Waals surface area (Å²) in [5.74, 6) is 0.684.